The first-order valence-electron chi connectivity index (χ1n) is 12.8. The molecule has 5 rings (SSSR count). The predicted molar refractivity (Wildman–Crippen MR) is 146 cm³/mol. The number of benzene rings is 3. The molecule has 3 aromatic rings. The molecule has 1 heterocycles. The van der Waals surface area contributed by atoms with Crippen molar-refractivity contribution in [2.75, 3.05) is 28.2 Å². The molecular weight excluding hydrogens is 446 g/mol. The van der Waals surface area contributed by atoms with Crippen molar-refractivity contribution in [2.45, 2.75) is 45.6 Å². The minimum Gasteiger partial charge on any atom is -0.372 e. The van der Waals surface area contributed by atoms with Crippen molar-refractivity contribution in [2.24, 2.45) is 0 Å². The molecule has 5 heteroatoms. The van der Waals surface area contributed by atoms with E-state index in [1.165, 1.54) is 5.56 Å². The van der Waals surface area contributed by atoms with Crippen LogP contribution >= 0.6 is 0 Å². The number of carbonyl (C=O) groups is 2. The first-order valence-corrected chi connectivity index (χ1v) is 12.8. The number of allylic oxidation sites excluding steroid dienone is 1. The average molecular weight is 480 g/mol. The Morgan fingerprint density at radius 1 is 0.889 bits per heavy atom. The second-order valence-electron chi connectivity index (χ2n) is 9.53. The van der Waals surface area contributed by atoms with Crippen molar-refractivity contribution in [1.29, 1.82) is 0 Å². The number of rotatable bonds is 5. The smallest absolute Gasteiger partial charge is 0.224 e. The van der Waals surface area contributed by atoms with Crippen molar-refractivity contribution in [3.63, 3.8) is 0 Å². The normalized spacial score (nSPS) is 19.2. The molecule has 5 nitrogen and oxygen atoms in total. The summed E-state index contributed by atoms with van der Waals surface area (Å²) in [4.78, 5) is 31.2. The molecule has 0 saturated carbocycles. The van der Waals surface area contributed by atoms with Crippen LogP contribution in [0.2, 0.25) is 0 Å². The van der Waals surface area contributed by atoms with Crippen molar-refractivity contribution in [3.05, 3.63) is 101 Å². The molecule has 1 N–H and O–H groups in total. The van der Waals surface area contributed by atoms with Gasteiger partial charge in [0, 0.05) is 43.4 Å². The van der Waals surface area contributed by atoms with Gasteiger partial charge < -0.3 is 10.2 Å². The Morgan fingerprint density at radius 3 is 2.22 bits per heavy atom. The summed E-state index contributed by atoms with van der Waals surface area (Å²) in [7, 11) is 0. The Balaban J connectivity index is 1.66. The average Bonchev–Trinajstić information content (AvgIpc) is 3.05. The largest absolute Gasteiger partial charge is 0.372 e. The van der Waals surface area contributed by atoms with Crippen LogP contribution in [0, 0.1) is 0 Å². The minimum absolute atomic E-state index is 0.0891. The van der Waals surface area contributed by atoms with Crippen molar-refractivity contribution in [1.82, 2.24) is 0 Å². The van der Waals surface area contributed by atoms with E-state index in [1.54, 1.807) is 11.8 Å². The highest BCUT2D eigenvalue weighted by Gasteiger charge is 2.40. The number of fused-ring (bicyclic) bond motifs is 1. The lowest BCUT2D eigenvalue weighted by Crippen LogP contribution is -2.37. The fourth-order valence-corrected chi connectivity index (χ4v) is 5.67. The quantitative estimate of drug-likeness (QED) is 0.457. The Bertz CT molecular complexity index is 1290. The maximum absolute atomic E-state index is 13.9. The van der Waals surface area contributed by atoms with Gasteiger partial charge in [0.05, 0.1) is 17.4 Å². The third kappa shape index (κ3) is 4.30. The van der Waals surface area contributed by atoms with Crippen LogP contribution in [-0.4, -0.2) is 24.8 Å². The van der Waals surface area contributed by atoms with Gasteiger partial charge in [-0.25, -0.2) is 0 Å². The molecule has 1 aliphatic heterocycles. The molecular formula is C31H33N3O2. The van der Waals surface area contributed by atoms with Gasteiger partial charge >= 0.3 is 0 Å². The number of amides is 1. The number of carbonyl (C=O) groups excluding carboxylic acids is 2. The van der Waals surface area contributed by atoms with E-state index in [9.17, 15) is 9.59 Å². The van der Waals surface area contributed by atoms with Crippen LogP contribution in [0.5, 0.6) is 0 Å². The van der Waals surface area contributed by atoms with E-state index in [0.29, 0.717) is 12.0 Å². The van der Waals surface area contributed by atoms with Crippen LogP contribution in [0.15, 0.2) is 90.1 Å². The van der Waals surface area contributed by atoms with Gasteiger partial charge in [0.15, 0.2) is 5.78 Å². The Kier molecular flexibility index (Phi) is 6.64. The first kappa shape index (κ1) is 23.9. The summed E-state index contributed by atoms with van der Waals surface area (Å²) in [6, 6.07) is 26.0. The van der Waals surface area contributed by atoms with Crippen LogP contribution < -0.4 is 15.1 Å². The van der Waals surface area contributed by atoms with E-state index >= 15 is 0 Å². The summed E-state index contributed by atoms with van der Waals surface area (Å²) in [5.74, 6) is 0.106. The topological polar surface area (TPSA) is 52.7 Å². The molecule has 184 valence electrons. The van der Waals surface area contributed by atoms with Crippen molar-refractivity contribution in [3.8, 4) is 0 Å². The molecule has 3 aromatic carbocycles. The number of hydrogen-bond donors (Lipinski definition) is 1. The molecule has 2 aliphatic rings. The van der Waals surface area contributed by atoms with Crippen molar-refractivity contribution < 1.29 is 9.59 Å². The third-order valence-electron chi connectivity index (χ3n) is 7.44. The number of nitrogens with one attached hydrogen (secondary N) is 1. The molecule has 1 amide bonds. The lowest BCUT2D eigenvalue weighted by Gasteiger charge is -2.35. The monoisotopic (exact) mass is 479 g/mol. The summed E-state index contributed by atoms with van der Waals surface area (Å²) < 4.78 is 0. The molecule has 0 spiro atoms. The number of ketones is 1. The van der Waals surface area contributed by atoms with Crippen LogP contribution in [0.25, 0.3) is 0 Å². The molecule has 2 atom stereocenters. The van der Waals surface area contributed by atoms with E-state index in [4.69, 9.17) is 0 Å². The van der Waals surface area contributed by atoms with E-state index in [1.807, 2.05) is 42.5 Å². The summed E-state index contributed by atoms with van der Waals surface area (Å²) in [5.41, 5.74) is 6.50. The fraction of sp³-hybridized carbons (Fsp3) is 0.290. The lowest BCUT2D eigenvalue weighted by atomic mass is 9.78. The SMILES string of the molecule is CCN(CC)c1ccc([C@H]2C3=C(C[C@@H](c4ccccc4)CC3=O)Nc3ccccc3N2C(C)=O)cc1. The molecule has 0 saturated heterocycles. The molecule has 36 heavy (non-hydrogen) atoms. The number of Topliss-reactive ketones (excluding diaryl/α,β-unsaturated/α-hetero) is 1. The second kappa shape index (κ2) is 10.0. The highest BCUT2D eigenvalue weighted by atomic mass is 16.2. The number of hydrogen-bond acceptors (Lipinski definition) is 4. The lowest BCUT2D eigenvalue weighted by molar-refractivity contribution is -0.117. The van der Waals surface area contributed by atoms with Crippen LogP contribution in [0.3, 0.4) is 0 Å². The summed E-state index contributed by atoms with van der Waals surface area (Å²) >= 11 is 0. The zero-order valence-electron chi connectivity index (χ0n) is 21.2. The fourth-order valence-electron chi connectivity index (χ4n) is 5.67. The van der Waals surface area contributed by atoms with Gasteiger partial charge in [-0.05, 0) is 61.6 Å². The van der Waals surface area contributed by atoms with E-state index in [2.05, 4.69) is 60.5 Å². The maximum Gasteiger partial charge on any atom is 0.224 e. The van der Waals surface area contributed by atoms with E-state index in [0.717, 1.165) is 47.8 Å². The van der Waals surface area contributed by atoms with Crippen LogP contribution in [-0.2, 0) is 9.59 Å². The van der Waals surface area contributed by atoms with Crippen LogP contribution in [0.1, 0.15) is 56.7 Å². The first-order chi connectivity index (χ1) is 17.5. The molecule has 0 unspecified atom stereocenters. The highest BCUT2D eigenvalue weighted by molar-refractivity contribution is 6.06. The third-order valence-corrected chi connectivity index (χ3v) is 7.44. The van der Waals surface area contributed by atoms with Gasteiger partial charge in [-0.1, -0.05) is 54.6 Å². The second-order valence-corrected chi connectivity index (χ2v) is 9.53. The number of anilines is 3. The van der Waals surface area contributed by atoms with Gasteiger partial charge in [-0.15, -0.1) is 0 Å². The Morgan fingerprint density at radius 2 is 1.56 bits per heavy atom. The van der Waals surface area contributed by atoms with Gasteiger partial charge in [-0.3, -0.25) is 14.5 Å². The zero-order valence-corrected chi connectivity index (χ0v) is 21.2. The molecule has 0 radical (unpaired) electrons. The Labute approximate surface area is 213 Å². The molecule has 0 fully saturated rings. The van der Waals surface area contributed by atoms with Crippen molar-refractivity contribution >= 4 is 28.8 Å². The molecule has 0 aromatic heterocycles. The molecule has 1 aliphatic carbocycles. The van der Waals surface area contributed by atoms with E-state index < -0.39 is 6.04 Å². The predicted octanol–water partition coefficient (Wildman–Crippen LogP) is 6.45. The summed E-state index contributed by atoms with van der Waals surface area (Å²) in [5, 5.41) is 3.58. The van der Waals surface area contributed by atoms with Crippen LogP contribution in [0.4, 0.5) is 17.1 Å². The zero-order chi connectivity index (χ0) is 25.2. The molecule has 0 bridgehead atoms. The van der Waals surface area contributed by atoms with Gasteiger partial charge in [0.25, 0.3) is 0 Å². The highest BCUT2D eigenvalue weighted by Crippen LogP contribution is 2.47. The maximum atomic E-state index is 13.9. The summed E-state index contributed by atoms with van der Waals surface area (Å²) in [6.45, 7) is 7.71. The standard InChI is InChI=1S/C31H33N3O2/c1-4-33(5-2)25-17-15-23(16-18-25)31-30-27(19-24(20-29(30)36)22-11-7-6-8-12-22)32-26-13-9-10-14-28(26)34(31)21(3)35/h6-18,24,31-32H,4-5,19-20H2,1-3H3/t24-,31+/m1/s1. The Hall–Kier alpha value is -3.86. The number of para-hydroxylation sites is 2. The van der Waals surface area contributed by atoms with Gasteiger partial charge in [0.1, 0.15) is 0 Å². The van der Waals surface area contributed by atoms with Gasteiger partial charge in [0.2, 0.25) is 5.91 Å². The van der Waals surface area contributed by atoms with E-state index in [-0.39, 0.29) is 17.6 Å². The number of nitrogens with zero attached hydrogens (tertiary/aromatic N) is 2. The van der Waals surface area contributed by atoms with Gasteiger partial charge in [-0.2, -0.15) is 0 Å². The minimum atomic E-state index is -0.483. The summed E-state index contributed by atoms with van der Waals surface area (Å²) in [6.07, 6.45) is 1.15.